The highest BCUT2D eigenvalue weighted by Crippen LogP contribution is 2.13. The van der Waals surface area contributed by atoms with Gasteiger partial charge in [-0.2, -0.15) is 5.10 Å². The molecule has 0 atom stereocenters. The van der Waals surface area contributed by atoms with Gasteiger partial charge in [0.2, 0.25) is 0 Å². The number of nitrogens with two attached hydrogens (primary N) is 1. The van der Waals surface area contributed by atoms with Gasteiger partial charge in [-0.25, -0.2) is 4.68 Å². The highest BCUT2D eigenvalue weighted by Gasteiger charge is 2.02. The van der Waals surface area contributed by atoms with Crippen LogP contribution in [0.3, 0.4) is 0 Å². The molecule has 0 aliphatic carbocycles. The van der Waals surface area contributed by atoms with Crippen molar-refractivity contribution in [2.45, 2.75) is 13.2 Å². The van der Waals surface area contributed by atoms with E-state index in [2.05, 4.69) is 10.1 Å². The van der Waals surface area contributed by atoms with Crippen LogP contribution in [0.15, 0.2) is 61.1 Å². The van der Waals surface area contributed by atoms with Crippen molar-refractivity contribution in [3.8, 4) is 11.4 Å². The van der Waals surface area contributed by atoms with E-state index in [1.165, 1.54) is 0 Å². The Hall–Kier alpha value is -2.66. The molecule has 2 N–H and O–H groups in total. The minimum absolute atomic E-state index is 0.435. The normalized spacial score (nSPS) is 10.5. The lowest BCUT2D eigenvalue weighted by Gasteiger charge is -2.04. The Morgan fingerprint density at radius 3 is 2.62 bits per heavy atom. The summed E-state index contributed by atoms with van der Waals surface area (Å²) in [5.41, 5.74) is 8.38. The van der Waals surface area contributed by atoms with E-state index in [0.717, 1.165) is 22.7 Å². The van der Waals surface area contributed by atoms with Crippen LogP contribution >= 0.6 is 0 Å². The number of benzene rings is 1. The lowest BCUT2D eigenvalue weighted by molar-refractivity contribution is 0.305. The first-order valence-electron chi connectivity index (χ1n) is 6.72. The zero-order valence-electron chi connectivity index (χ0n) is 11.5. The van der Waals surface area contributed by atoms with Gasteiger partial charge in [0.1, 0.15) is 12.4 Å². The van der Waals surface area contributed by atoms with Crippen molar-refractivity contribution in [1.29, 1.82) is 0 Å². The fraction of sp³-hybridized carbons (Fsp3) is 0.125. The van der Waals surface area contributed by atoms with E-state index in [0.29, 0.717) is 13.2 Å². The monoisotopic (exact) mass is 280 g/mol. The second kappa shape index (κ2) is 6.19. The topological polar surface area (TPSA) is 66.0 Å². The van der Waals surface area contributed by atoms with Crippen molar-refractivity contribution in [1.82, 2.24) is 14.8 Å². The third-order valence-electron chi connectivity index (χ3n) is 3.07. The lowest BCUT2D eigenvalue weighted by Crippen LogP contribution is -2.00. The van der Waals surface area contributed by atoms with Crippen LogP contribution in [-0.4, -0.2) is 14.8 Å². The van der Waals surface area contributed by atoms with Crippen LogP contribution in [0.4, 0.5) is 0 Å². The second-order valence-electron chi connectivity index (χ2n) is 4.61. The summed E-state index contributed by atoms with van der Waals surface area (Å²) in [6.07, 6.45) is 5.44. The molecule has 21 heavy (non-hydrogen) atoms. The molecule has 0 saturated carbocycles. The number of pyridine rings is 1. The third kappa shape index (κ3) is 3.27. The molecule has 0 bridgehead atoms. The van der Waals surface area contributed by atoms with E-state index in [1.807, 2.05) is 53.3 Å². The Bertz CT molecular complexity index is 692. The van der Waals surface area contributed by atoms with Crippen LogP contribution < -0.4 is 10.5 Å². The third-order valence-corrected chi connectivity index (χ3v) is 3.07. The Morgan fingerprint density at radius 1 is 1.05 bits per heavy atom. The Labute approximate surface area is 123 Å². The fourth-order valence-corrected chi connectivity index (χ4v) is 1.94. The summed E-state index contributed by atoms with van der Waals surface area (Å²) in [5, 5.41) is 4.33. The molecule has 0 spiro atoms. The molecule has 3 rings (SSSR count). The number of aromatic nitrogens is 3. The summed E-state index contributed by atoms with van der Waals surface area (Å²) in [6, 6.07) is 13.7. The number of hydrogen-bond acceptors (Lipinski definition) is 4. The van der Waals surface area contributed by atoms with E-state index in [-0.39, 0.29) is 0 Å². The summed E-state index contributed by atoms with van der Waals surface area (Å²) in [6.45, 7) is 0.889. The number of para-hydroxylation sites is 1. The van der Waals surface area contributed by atoms with E-state index in [1.54, 1.807) is 12.4 Å². The lowest BCUT2D eigenvalue weighted by atomic mass is 10.3. The average Bonchev–Trinajstić information content (AvgIpc) is 3.03. The molecule has 2 heterocycles. The van der Waals surface area contributed by atoms with Crippen LogP contribution in [-0.2, 0) is 13.2 Å². The maximum atomic E-state index is 5.68. The highest BCUT2D eigenvalue weighted by atomic mass is 16.5. The van der Waals surface area contributed by atoms with Gasteiger partial charge in [0, 0.05) is 18.3 Å². The molecule has 0 unspecified atom stereocenters. The Kier molecular flexibility index (Phi) is 3.93. The molecule has 3 aromatic rings. The molecule has 106 valence electrons. The minimum Gasteiger partial charge on any atom is -0.487 e. The number of nitrogens with zero attached hydrogens (tertiary/aromatic N) is 3. The first kappa shape index (κ1) is 13.3. The largest absolute Gasteiger partial charge is 0.487 e. The van der Waals surface area contributed by atoms with Gasteiger partial charge >= 0.3 is 0 Å². The van der Waals surface area contributed by atoms with E-state index >= 15 is 0 Å². The first-order chi connectivity index (χ1) is 10.3. The molecule has 0 aliphatic rings. The fourth-order valence-electron chi connectivity index (χ4n) is 1.94. The summed E-state index contributed by atoms with van der Waals surface area (Å²) in [5.74, 6) is 0.722. The SMILES string of the molecule is NCc1ccc(OCc2cnn(-c3ccccc3)c2)cn1. The van der Waals surface area contributed by atoms with Gasteiger partial charge in [-0.05, 0) is 24.3 Å². The molecule has 0 aliphatic heterocycles. The van der Waals surface area contributed by atoms with E-state index < -0.39 is 0 Å². The quantitative estimate of drug-likeness (QED) is 0.779. The van der Waals surface area contributed by atoms with Gasteiger partial charge in [-0.1, -0.05) is 18.2 Å². The predicted octanol–water partition coefficient (Wildman–Crippen LogP) is 2.31. The molecule has 0 radical (unpaired) electrons. The first-order valence-corrected chi connectivity index (χ1v) is 6.72. The smallest absolute Gasteiger partial charge is 0.138 e. The summed E-state index contributed by atoms with van der Waals surface area (Å²) in [7, 11) is 0. The Morgan fingerprint density at radius 2 is 1.90 bits per heavy atom. The van der Waals surface area contributed by atoms with Gasteiger partial charge in [0.25, 0.3) is 0 Å². The zero-order valence-corrected chi connectivity index (χ0v) is 11.5. The Balaban J connectivity index is 1.64. The van der Waals surface area contributed by atoms with Crippen LogP contribution in [0, 0.1) is 0 Å². The summed E-state index contributed by atoms with van der Waals surface area (Å²) >= 11 is 0. The molecule has 5 nitrogen and oxygen atoms in total. The van der Waals surface area contributed by atoms with Crippen LogP contribution in [0.25, 0.3) is 5.69 Å². The summed E-state index contributed by atoms with van der Waals surface area (Å²) in [4.78, 5) is 4.19. The maximum absolute atomic E-state index is 5.68. The van der Waals surface area contributed by atoms with Gasteiger partial charge in [-0.15, -0.1) is 0 Å². The van der Waals surface area contributed by atoms with Crippen LogP contribution in [0.2, 0.25) is 0 Å². The molecular formula is C16H16N4O. The second-order valence-corrected chi connectivity index (χ2v) is 4.61. The average molecular weight is 280 g/mol. The van der Waals surface area contributed by atoms with Crippen molar-refractivity contribution in [2.75, 3.05) is 0 Å². The molecular weight excluding hydrogens is 264 g/mol. The van der Waals surface area contributed by atoms with Gasteiger partial charge in [0.15, 0.2) is 0 Å². The molecule has 0 fully saturated rings. The number of rotatable bonds is 5. The van der Waals surface area contributed by atoms with Gasteiger partial charge < -0.3 is 10.5 Å². The van der Waals surface area contributed by atoms with Crippen molar-refractivity contribution in [2.24, 2.45) is 5.73 Å². The standard InChI is InChI=1S/C16H16N4O/c17-8-14-6-7-16(10-18-14)21-12-13-9-19-20(11-13)15-4-2-1-3-5-15/h1-7,9-11H,8,12,17H2. The van der Waals surface area contributed by atoms with Crippen molar-refractivity contribution >= 4 is 0 Å². The minimum atomic E-state index is 0.435. The molecule has 2 aromatic heterocycles. The van der Waals surface area contributed by atoms with Crippen molar-refractivity contribution in [3.63, 3.8) is 0 Å². The molecule has 1 aromatic carbocycles. The molecule has 0 saturated heterocycles. The highest BCUT2D eigenvalue weighted by molar-refractivity contribution is 5.31. The van der Waals surface area contributed by atoms with Gasteiger partial charge in [-0.3, -0.25) is 4.98 Å². The van der Waals surface area contributed by atoms with Crippen LogP contribution in [0.5, 0.6) is 5.75 Å². The number of hydrogen-bond donors (Lipinski definition) is 1. The molecule has 0 amide bonds. The predicted molar refractivity (Wildman–Crippen MR) is 80.0 cm³/mol. The van der Waals surface area contributed by atoms with Crippen molar-refractivity contribution in [3.05, 3.63) is 72.3 Å². The van der Waals surface area contributed by atoms with Crippen LogP contribution in [0.1, 0.15) is 11.3 Å². The zero-order chi connectivity index (χ0) is 14.5. The van der Waals surface area contributed by atoms with Gasteiger partial charge in [0.05, 0.1) is 23.8 Å². The van der Waals surface area contributed by atoms with E-state index in [4.69, 9.17) is 10.5 Å². The molecule has 5 heteroatoms. The van der Waals surface area contributed by atoms with Crippen molar-refractivity contribution < 1.29 is 4.74 Å². The summed E-state index contributed by atoms with van der Waals surface area (Å²) < 4.78 is 7.51. The number of ether oxygens (including phenoxy) is 1. The van der Waals surface area contributed by atoms with E-state index in [9.17, 15) is 0 Å². The maximum Gasteiger partial charge on any atom is 0.138 e.